The second-order valence-corrected chi connectivity index (χ2v) is 20.8. The summed E-state index contributed by atoms with van der Waals surface area (Å²) < 4.78 is 32.0. The first-order valence-corrected chi connectivity index (χ1v) is 27.2. The minimum absolute atomic E-state index is 0.0281. The predicted octanol–water partition coefficient (Wildman–Crippen LogP) is -1.97. The number of phosphoric ester groups is 1. The molecule has 5 heterocycles. The Bertz CT molecular complexity index is 3340. The Balaban J connectivity index is 0.000000307. The van der Waals surface area contributed by atoms with Crippen molar-refractivity contribution in [1.82, 2.24) is 35.2 Å². The highest BCUT2D eigenvalue weighted by atomic mass is 31.2. The molecular formula is C49H64N13O22P. The molecule has 2 aliphatic heterocycles. The van der Waals surface area contributed by atoms with Crippen LogP contribution in [0.1, 0.15) is 66.0 Å². The zero-order chi connectivity index (χ0) is 62.4. The van der Waals surface area contributed by atoms with E-state index in [2.05, 4.69) is 65.5 Å². The number of nitrogens with zero attached hydrogens (tertiary/aromatic N) is 4. The van der Waals surface area contributed by atoms with E-state index in [1.807, 2.05) is 6.92 Å². The van der Waals surface area contributed by atoms with Crippen LogP contribution in [-0.4, -0.2) is 198 Å². The summed E-state index contributed by atoms with van der Waals surface area (Å²) in [5.41, 5.74) is 13.9. The van der Waals surface area contributed by atoms with Crippen molar-refractivity contribution in [2.45, 2.75) is 113 Å². The van der Waals surface area contributed by atoms with E-state index in [0.29, 0.717) is 52.9 Å². The Kier molecular flexibility index (Phi) is 22.7. The number of anilines is 6. The second kappa shape index (κ2) is 29.4. The van der Waals surface area contributed by atoms with E-state index in [4.69, 9.17) is 41.4 Å². The van der Waals surface area contributed by atoms with E-state index in [-0.39, 0.29) is 65.5 Å². The number of ether oxygens (including phenoxy) is 2. The van der Waals surface area contributed by atoms with Crippen LogP contribution in [0.2, 0.25) is 0 Å². The van der Waals surface area contributed by atoms with Gasteiger partial charge in [0.25, 0.3) is 17.0 Å². The molecule has 0 saturated carbocycles. The van der Waals surface area contributed by atoms with Crippen molar-refractivity contribution >= 4 is 83.5 Å². The minimum atomic E-state index is -5.11. The summed E-state index contributed by atoms with van der Waals surface area (Å²) in [4.78, 5) is 112. The highest BCUT2D eigenvalue weighted by molar-refractivity contribution is 7.47. The molecule has 462 valence electrons. The zero-order valence-electron chi connectivity index (χ0n) is 45.1. The quantitative estimate of drug-likeness (QED) is 0.0242. The number of nitrogen functional groups attached to an aromatic ring is 2. The summed E-state index contributed by atoms with van der Waals surface area (Å²) in [5, 5.41) is 103. The van der Waals surface area contributed by atoms with Gasteiger partial charge in [-0.3, -0.25) is 43.0 Å². The third-order valence-corrected chi connectivity index (χ3v) is 13.8. The topological polar surface area (TPSA) is 571 Å². The van der Waals surface area contributed by atoms with Gasteiger partial charge in [-0.15, -0.1) is 0 Å². The third-order valence-electron chi connectivity index (χ3n) is 12.8. The van der Waals surface area contributed by atoms with Crippen LogP contribution in [0.4, 0.5) is 34.8 Å². The van der Waals surface area contributed by atoms with E-state index < -0.39 is 124 Å². The molecule has 0 aliphatic carbocycles. The third kappa shape index (κ3) is 18.8. The van der Waals surface area contributed by atoms with Crippen molar-refractivity contribution in [3.05, 3.63) is 91.8 Å². The average Bonchev–Trinajstić information content (AvgIpc) is 3.35. The number of aliphatic hydroxyl groups is 5. The molecule has 1 fully saturated rings. The van der Waals surface area contributed by atoms with Gasteiger partial charge in [0, 0.05) is 49.3 Å². The van der Waals surface area contributed by atoms with Crippen molar-refractivity contribution in [2.75, 3.05) is 59.0 Å². The van der Waals surface area contributed by atoms with E-state index in [0.717, 1.165) is 0 Å². The number of aliphatic hydroxyl groups excluding tert-OH is 5. The molecule has 5 aromatic rings. The highest BCUT2D eigenvalue weighted by Gasteiger charge is 2.45. The van der Waals surface area contributed by atoms with Gasteiger partial charge in [-0.1, -0.05) is 12.1 Å². The van der Waals surface area contributed by atoms with Crippen LogP contribution in [0.15, 0.2) is 58.1 Å². The van der Waals surface area contributed by atoms with E-state index in [1.54, 1.807) is 43.3 Å². The minimum Gasteiger partial charge on any atom is -0.481 e. The van der Waals surface area contributed by atoms with Gasteiger partial charge in [0.1, 0.15) is 42.2 Å². The second-order valence-electron chi connectivity index (χ2n) is 19.3. The average molecular weight is 1220 g/mol. The summed E-state index contributed by atoms with van der Waals surface area (Å²) in [5.74, 6) is -5.80. The lowest BCUT2D eigenvalue weighted by Crippen LogP contribution is -2.43. The highest BCUT2D eigenvalue weighted by Crippen LogP contribution is 2.46. The Morgan fingerprint density at radius 1 is 0.824 bits per heavy atom. The van der Waals surface area contributed by atoms with Crippen LogP contribution in [0.5, 0.6) is 0 Å². The van der Waals surface area contributed by atoms with Crippen LogP contribution in [0.25, 0.3) is 11.2 Å². The summed E-state index contributed by atoms with van der Waals surface area (Å²) in [6.07, 6.45) is -15.6. The maximum Gasteiger partial charge on any atom is 0.473 e. The van der Waals surface area contributed by atoms with Gasteiger partial charge in [0.2, 0.25) is 11.9 Å². The first-order valence-electron chi connectivity index (χ1n) is 25.7. The van der Waals surface area contributed by atoms with E-state index in [9.17, 15) is 68.6 Å². The zero-order valence-corrected chi connectivity index (χ0v) is 46.0. The predicted molar refractivity (Wildman–Crippen MR) is 295 cm³/mol. The van der Waals surface area contributed by atoms with Gasteiger partial charge in [-0.05, 0) is 68.7 Å². The number of carbonyl (C=O) groups excluding carboxylic acids is 1. The Morgan fingerprint density at radius 2 is 1.46 bits per heavy atom. The van der Waals surface area contributed by atoms with Crippen LogP contribution in [0, 0.1) is 6.92 Å². The summed E-state index contributed by atoms with van der Waals surface area (Å²) in [6.45, 7) is 2.90. The molecule has 0 radical (unpaired) electrons. The molecule has 0 bridgehead atoms. The first-order chi connectivity index (χ1) is 40.1. The molecule has 1 amide bonds. The lowest BCUT2D eigenvalue weighted by atomic mass is 10.0. The number of carboxylic acids is 4. The fourth-order valence-electron chi connectivity index (χ4n) is 8.37. The Hall–Kier alpha value is -8.48. The lowest BCUT2D eigenvalue weighted by molar-refractivity contribution is -0.192. The summed E-state index contributed by atoms with van der Waals surface area (Å²) in [6, 6.07) is 11.3. The molecule has 12 atom stereocenters. The number of fused-ring (bicyclic) bond motifs is 2. The van der Waals surface area contributed by atoms with Gasteiger partial charge in [0.05, 0.1) is 42.8 Å². The largest absolute Gasteiger partial charge is 0.481 e. The van der Waals surface area contributed by atoms with Crippen molar-refractivity contribution in [3.63, 3.8) is 0 Å². The smallest absolute Gasteiger partial charge is 0.473 e. The molecular weight excluding hydrogens is 1150 g/mol. The summed E-state index contributed by atoms with van der Waals surface area (Å²) in [7, 11) is -5.11. The van der Waals surface area contributed by atoms with Crippen LogP contribution in [-0.2, 0) is 48.7 Å². The number of rotatable bonds is 28. The molecule has 7 rings (SSSR count). The first kappa shape index (κ1) is 65.7. The fraction of sp³-hybridized carbons (Fsp3) is 0.449. The number of nitrogens with one attached hydrogen (secondary N) is 7. The molecule has 21 N–H and O–H groups in total. The van der Waals surface area contributed by atoms with E-state index >= 15 is 0 Å². The maximum absolute atomic E-state index is 12.3. The van der Waals surface area contributed by atoms with Gasteiger partial charge in [-0.2, -0.15) is 9.97 Å². The number of aryl methyl sites for hydroxylation is 1. The molecule has 2 aliphatic rings. The standard InChI is InChI=1S/C30H41N6O16P.C19H23N7O6/c1-12(21-13(2)33-26-22(34-21)27(44)36-30(31)35-26)32-15-5-3-14(4-6-15)9-16(37)23(41)17(38)10-49-29-25(43)24(42)19(51-29)11-50-53(47,48)52-18(28(45)46)7-8-20(39)40;20-19-25-15-14(17(30)26-19)23-11(8-22-15)7-21-10-3-1-9(2-4-10)16(29)24-12(18(31)32)5-6-13(27)28/h3-6,12,16-19,23-25,29,32,37-38,41-43H,7-11H2,1-2H3,(H,39,40)(H,45,46)(H,47,48)(H3,31,33,35,36,44);1-4,11-12,21,23H,5-8H2,(H,24,29)(H,27,28)(H,31,32)(H4,20,22,25,26,30)/t12?,16?,17?,18?,19-,23?,24-,25-,29+;/m1./s1. The number of hydrogen-bond donors (Lipinski definition) is 19. The van der Waals surface area contributed by atoms with Gasteiger partial charge in [-0.25, -0.2) is 24.1 Å². The number of amides is 1. The number of benzene rings is 2. The molecule has 2 aromatic carbocycles. The number of nitrogens with two attached hydrogens (primary N) is 2. The van der Waals surface area contributed by atoms with Crippen molar-refractivity contribution in [2.24, 2.45) is 0 Å². The molecule has 36 heteroatoms. The number of aliphatic carboxylic acids is 4. The SMILES string of the molecule is Cc1nc2nc(N)[nH]c(=O)c2nc1C(C)Nc1ccc(CC(O)C(O)C(O)CO[C@H]2O[C@H](COP(=O)(O)OC(CCC(=O)O)C(=O)O)[C@@H](O)[C@H]2O)cc1.Nc1nc2c(c(=O)[nH]1)NC(CNc1ccc(C(=O)NC(CCC(=O)O)C(=O)O)cc1)CN2. The van der Waals surface area contributed by atoms with Crippen molar-refractivity contribution in [3.8, 4) is 0 Å². The molecule has 1 saturated heterocycles. The Morgan fingerprint density at radius 3 is 2.11 bits per heavy atom. The van der Waals surface area contributed by atoms with Crippen molar-refractivity contribution < 1.29 is 97.9 Å². The number of H-pyrrole nitrogens is 2. The molecule has 3 aromatic heterocycles. The number of carboxylic acid groups (broad SMARTS) is 4. The van der Waals surface area contributed by atoms with E-state index in [1.165, 1.54) is 12.1 Å². The van der Waals surface area contributed by atoms with Crippen LogP contribution in [0.3, 0.4) is 0 Å². The fourth-order valence-corrected chi connectivity index (χ4v) is 9.28. The number of aromatic amines is 2. The molecule has 85 heavy (non-hydrogen) atoms. The van der Waals surface area contributed by atoms with Crippen molar-refractivity contribution in [1.29, 1.82) is 0 Å². The van der Waals surface area contributed by atoms with Crippen LogP contribution >= 0.6 is 7.82 Å². The molecule has 8 unspecified atom stereocenters. The van der Waals surface area contributed by atoms with Gasteiger partial charge >= 0.3 is 31.7 Å². The maximum atomic E-state index is 12.3. The monoisotopic (exact) mass is 1220 g/mol. The van der Waals surface area contributed by atoms with Gasteiger partial charge in [0.15, 0.2) is 29.4 Å². The summed E-state index contributed by atoms with van der Waals surface area (Å²) >= 11 is 0. The number of carbonyl (C=O) groups is 5. The number of aromatic nitrogens is 6. The number of hydrogen-bond acceptors (Lipinski definition) is 27. The normalized spacial score (nSPS) is 20.0. The number of phosphoric acid groups is 1. The Labute approximate surface area is 479 Å². The van der Waals surface area contributed by atoms with Gasteiger partial charge < -0.3 is 98.4 Å². The molecule has 35 nitrogen and oxygen atoms in total. The lowest BCUT2D eigenvalue weighted by Gasteiger charge is -2.27. The molecule has 0 spiro atoms. The van der Waals surface area contributed by atoms with Crippen LogP contribution < -0.4 is 49.2 Å².